The lowest BCUT2D eigenvalue weighted by atomic mass is 9.87. The molecule has 0 atom stereocenters. The van der Waals surface area contributed by atoms with Crippen LogP contribution in [0.5, 0.6) is 0 Å². The van der Waals surface area contributed by atoms with Gasteiger partial charge in [-0.2, -0.15) is 5.26 Å². The first-order valence-corrected chi connectivity index (χ1v) is 8.70. The molecule has 5 heteroatoms. The molecule has 0 aromatic carbocycles. The Bertz CT molecular complexity index is 629. The van der Waals surface area contributed by atoms with Gasteiger partial charge in [0.15, 0.2) is 0 Å². The van der Waals surface area contributed by atoms with Crippen molar-refractivity contribution >= 4 is 5.82 Å². The summed E-state index contributed by atoms with van der Waals surface area (Å²) in [5.74, 6) is 1.24. The van der Waals surface area contributed by atoms with Crippen molar-refractivity contribution in [2.24, 2.45) is 5.92 Å². The van der Waals surface area contributed by atoms with Gasteiger partial charge in [-0.25, -0.2) is 4.98 Å². The number of nitriles is 1. The van der Waals surface area contributed by atoms with Crippen LogP contribution in [0.3, 0.4) is 0 Å². The van der Waals surface area contributed by atoms with Gasteiger partial charge in [-0.3, -0.25) is 0 Å². The fourth-order valence-electron chi connectivity index (χ4n) is 3.04. The second kappa shape index (κ2) is 7.50. The van der Waals surface area contributed by atoms with E-state index in [1.54, 1.807) is 0 Å². The maximum absolute atomic E-state index is 9.74. The van der Waals surface area contributed by atoms with E-state index in [9.17, 15) is 5.26 Å². The molecule has 0 bridgehead atoms. The molecule has 1 N–H and O–H groups in total. The Morgan fingerprint density at radius 2 is 2.04 bits per heavy atom. The van der Waals surface area contributed by atoms with Crippen LogP contribution in [0.15, 0.2) is 0 Å². The summed E-state index contributed by atoms with van der Waals surface area (Å²) in [6, 6.07) is 2.39. The number of hydrogen-bond acceptors (Lipinski definition) is 5. The lowest BCUT2D eigenvalue weighted by Crippen LogP contribution is -2.34. The van der Waals surface area contributed by atoms with Crippen molar-refractivity contribution in [2.45, 2.75) is 52.7 Å². The van der Waals surface area contributed by atoms with Gasteiger partial charge in [0.25, 0.3) is 0 Å². The Kier molecular flexibility index (Phi) is 5.84. The molecule has 0 spiro atoms. The Morgan fingerprint density at radius 1 is 1.33 bits per heavy atom. The van der Waals surface area contributed by atoms with Crippen molar-refractivity contribution in [1.29, 1.82) is 5.26 Å². The molecule has 0 amide bonds. The number of nitrogens with zero attached hydrogens (tertiary/aromatic N) is 3. The van der Waals surface area contributed by atoms with Gasteiger partial charge >= 0.3 is 0 Å². The van der Waals surface area contributed by atoms with Crippen LogP contribution >= 0.6 is 0 Å². The summed E-state index contributed by atoms with van der Waals surface area (Å²) in [7, 11) is 4.08. The molecule has 1 aromatic heterocycles. The Hall–Kier alpha value is -1.64. The number of fused-ring (bicyclic) bond motifs is 1. The normalized spacial score (nSPS) is 16.1. The quantitative estimate of drug-likeness (QED) is 0.869. The molecule has 2 heterocycles. The largest absolute Gasteiger partial charge is 0.370 e. The highest BCUT2D eigenvalue weighted by Gasteiger charge is 2.31. The van der Waals surface area contributed by atoms with Crippen molar-refractivity contribution < 1.29 is 4.74 Å². The van der Waals surface area contributed by atoms with Crippen molar-refractivity contribution in [3.05, 3.63) is 22.4 Å². The topological polar surface area (TPSA) is 61.2 Å². The molecular weight excluding hydrogens is 300 g/mol. The van der Waals surface area contributed by atoms with Crippen LogP contribution in [-0.4, -0.2) is 42.7 Å². The fourth-order valence-corrected chi connectivity index (χ4v) is 3.04. The molecule has 0 unspecified atom stereocenters. The monoisotopic (exact) mass is 330 g/mol. The zero-order valence-electron chi connectivity index (χ0n) is 15.9. The number of rotatable bonds is 6. The summed E-state index contributed by atoms with van der Waals surface area (Å²) in [5, 5.41) is 13.1. The van der Waals surface area contributed by atoms with E-state index in [1.165, 1.54) is 0 Å². The first-order chi connectivity index (χ1) is 11.2. The van der Waals surface area contributed by atoms with Crippen molar-refractivity contribution in [1.82, 2.24) is 9.88 Å². The molecule has 0 saturated carbocycles. The van der Waals surface area contributed by atoms with Crippen LogP contribution < -0.4 is 5.32 Å². The number of aromatic nitrogens is 1. The number of pyridine rings is 1. The molecule has 0 aliphatic carbocycles. The summed E-state index contributed by atoms with van der Waals surface area (Å²) in [6.45, 7) is 10.8. The fraction of sp³-hybridized carbons (Fsp3) is 0.684. The van der Waals surface area contributed by atoms with E-state index < -0.39 is 0 Å². The maximum atomic E-state index is 9.74. The molecule has 1 aliphatic heterocycles. The highest BCUT2D eigenvalue weighted by Crippen LogP contribution is 2.34. The van der Waals surface area contributed by atoms with E-state index in [0.717, 1.165) is 48.6 Å². The second-order valence-electron chi connectivity index (χ2n) is 7.90. The van der Waals surface area contributed by atoms with E-state index in [2.05, 4.69) is 44.0 Å². The van der Waals surface area contributed by atoms with Gasteiger partial charge in [0, 0.05) is 30.8 Å². The minimum Gasteiger partial charge on any atom is -0.370 e. The van der Waals surface area contributed by atoms with Crippen molar-refractivity contribution in [3.63, 3.8) is 0 Å². The van der Waals surface area contributed by atoms with E-state index in [-0.39, 0.29) is 5.60 Å². The van der Waals surface area contributed by atoms with Gasteiger partial charge in [-0.15, -0.1) is 0 Å². The minimum atomic E-state index is -0.240. The predicted octanol–water partition coefficient (Wildman–Crippen LogP) is 2.98. The maximum Gasteiger partial charge on any atom is 0.144 e. The van der Waals surface area contributed by atoms with Crippen LogP contribution in [0, 0.1) is 17.2 Å². The molecule has 1 aromatic rings. The van der Waals surface area contributed by atoms with Gasteiger partial charge in [-0.1, -0.05) is 13.8 Å². The number of nitrogens with one attached hydrogen (secondary N) is 1. The zero-order chi connectivity index (χ0) is 17.9. The SMILES string of the molecule is CC(C)Cc1nc(NCCN(C)C)c(C#N)c2c1COC(C)(C)C2. The molecule has 2 rings (SSSR count). The summed E-state index contributed by atoms with van der Waals surface area (Å²) >= 11 is 0. The smallest absolute Gasteiger partial charge is 0.144 e. The van der Waals surface area contributed by atoms with Crippen molar-refractivity contribution in [3.8, 4) is 6.07 Å². The predicted molar refractivity (Wildman–Crippen MR) is 97.1 cm³/mol. The molecular formula is C19H30N4O. The number of hydrogen-bond donors (Lipinski definition) is 1. The molecule has 1 aliphatic rings. The van der Waals surface area contributed by atoms with Gasteiger partial charge in [-0.05, 0) is 45.8 Å². The van der Waals surface area contributed by atoms with Gasteiger partial charge in [0.2, 0.25) is 0 Å². The van der Waals surface area contributed by atoms with Crippen LogP contribution in [-0.2, 0) is 24.2 Å². The average Bonchev–Trinajstić information content (AvgIpc) is 2.45. The van der Waals surface area contributed by atoms with Gasteiger partial charge in [0.05, 0.1) is 17.8 Å². The molecule has 0 saturated heterocycles. The summed E-state index contributed by atoms with van der Waals surface area (Å²) in [5.41, 5.74) is 3.76. The Labute approximate surface area is 146 Å². The number of anilines is 1. The third-order valence-electron chi connectivity index (χ3n) is 4.27. The number of likely N-dealkylation sites (N-methyl/N-ethyl adjacent to an activating group) is 1. The molecule has 5 nitrogen and oxygen atoms in total. The van der Waals surface area contributed by atoms with E-state index in [4.69, 9.17) is 9.72 Å². The molecule has 0 radical (unpaired) electrons. The first-order valence-electron chi connectivity index (χ1n) is 8.70. The van der Waals surface area contributed by atoms with E-state index in [0.29, 0.717) is 18.1 Å². The van der Waals surface area contributed by atoms with Crippen molar-refractivity contribution in [2.75, 3.05) is 32.5 Å². The summed E-state index contributed by atoms with van der Waals surface area (Å²) < 4.78 is 5.99. The second-order valence-corrected chi connectivity index (χ2v) is 7.90. The van der Waals surface area contributed by atoms with Crippen LogP contribution in [0.4, 0.5) is 5.82 Å². The zero-order valence-corrected chi connectivity index (χ0v) is 15.9. The van der Waals surface area contributed by atoms with Crippen LogP contribution in [0.1, 0.15) is 50.1 Å². The van der Waals surface area contributed by atoms with Crippen LogP contribution in [0.2, 0.25) is 0 Å². The van der Waals surface area contributed by atoms with Gasteiger partial charge < -0.3 is 15.0 Å². The Morgan fingerprint density at radius 3 is 2.62 bits per heavy atom. The third kappa shape index (κ3) is 4.46. The first kappa shape index (κ1) is 18.7. The molecule has 132 valence electrons. The van der Waals surface area contributed by atoms with Crippen LogP contribution in [0.25, 0.3) is 0 Å². The van der Waals surface area contributed by atoms with E-state index in [1.807, 2.05) is 14.1 Å². The molecule has 0 fully saturated rings. The lowest BCUT2D eigenvalue weighted by Gasteiger charge is -2.34. The standard InChI is InChI=1S/C19H30N4O/c1-13(2)9-17-16-12-24-19(3,4)10-14(16)15(11-20)18(22-17)21-7-8-23(5)6/h13H,7-10,12H2,1-6H3,(H,21,22). The highest BCUT2D eigenvalue weighted by molar-refractivity contribution is 5.60. The van der Waals surface area contributed by atoms with Gasteiger partial charge in [0.1, 0.15) is 11.9 Å². The average molecular weight is 330 g/mol. The molecule has 24 heavy (non-hydrogen) atoms. The summed E-state index contributed by atoms with van der Waals surface area (Å²) in [4.78, 5) is 6.92. The van der Waals surface area contributed by atoms with E-state index >= 15 is 0 Å². The number of ether oxygens (including phenoxy) is 1. The highest BCUT2D eigenvalue weighted by atomic mass is 16.5. The Balaban J connectivity index is 2.45. The minimum absolute atomic E-state index is 0.240. The summed E-state index contributed by atoms with van der Waals surface area (Å²) in [6.07, 6.45) is 1.65. The lowest BCUT2D eigenvalue weighted by molar-refractivity contribution is -0.0407. The third-order valence-corrected chi connectivity index (χ3v) is 4.27.